The van der Waals surface area contributed by atoms with Crippen LogP contribution < -0.4 is 16.0 Å². The molecule has 3 N–H and O–H groups in total. The number of benzene rings is 1. The third kappa shape index (κ3) is 6.33. The monoisotopic (exact) mass is 346 g/mol. The average Bonchev–Trinajstić information content (AvgIpc) is 2.63. The fourth-order valence-electron chi connectivity index (χ4n) is 3.19. The molecule has 25 heavy (non-hydrogen) atoms. The average molecular weight is 347 g/mol. The van der Waals surface area contributed by atoms with Gasteiger partial charge in [0.2, 0.25) is 0 Å². The van der Waals surface area contributed by atoms with Crippen LogP contribution in [-0.4, -0.2) is 44.8 Å². The van der Waals surface area contributed by atoms with E-state index in [0.717, 1.165) is 45.1 Å². The molecule has 1 saturated heterocycles. The molecule has 1 aliphatic rings. The van der Waals surface area contributed by atoms with Gasteiger partial charge in [0.1, 0.15) is 0 Å². The number of ether oxygens (including phenoxy) is 1. The molecule has 1 fully saturated rings. The number of nitrogens with zero attached hydrogens (tertiary/aromatic N) is 1. The number of hydrogen-bond acceptors (Lipinski definition) is 3. The molecule has 0 spiro atoms. The topological polar surface area (TPSA) is 57.7 Å². The lowest BCUT2D eigenvalue weighted by atomic mass is 9.88. The summed E-state index contributed by atoms with van der Waals surface area (Å²) in [4.78, 5) is 4.35. The lowest BCUT2D eigenvalue weighted by Crippen LogP contribution is -2.58. The van der Waals surface area contributed by atoms with E-state index >= 15 is 0 Å². The van der Waals surface area contributed by atoms with Gasteiger partial charge in [-0.05, 0) is 31.2 Å². The summed E-state index contributed by atoms with van der Waals surface area (Å²) in [6.45, 7) is 9.99. The Kier molecular flexibility index (Phi) is 7.72. The molecule has 0 aromatic heterocycles. The van der Waals surface area contributed by atoms with E-state index < -0.39 is 0 Å². The van der Waals surface area contributed by atoms with Gasteiger partial charge in [0.05, 0.1) is 0 Å². The molecular weight excluding hydrogens is 312 g/mol. The van der Waals surface area contributed by atoms with Crippen molar-refractivity contribution in [3.05, 3.63) is 35.9 Å². The predicted octanol–water partition coefficient (Wildman–Crippen LogP) is 2.71. The summed E-state index contributed by atoms with van der Waals surface area (Å²) < 4.78 is 5.61. The van der Waals surface area contributed by atoms with Crippen molar-refractivity contribution in [1.29, 1.82) is 0 Å². The van der Waals surface area contributed by atoms with Crippen LogP contribution >= 0.6 is 0 Å². The lowest BCUT2D eigenvalue weighted by molar-refractivity contribution is 0.0355. The van der Waals surface area contributed by atoms with Gasteiger partial charge < -0.3 is 20.7 Å². The number of hydrogen-bond donors (Lipinski definition) is 3. The Labute approximate surface area is 152 Å². The van der Waals surface area contributed by atoms with Gasteiger partial charge in [0, 0.05) is 44.9 Å². The SMILES string of the molecule is CN=C(NCC(C)C)NCC1(NC(C)c2ccccc2)CCOCC1. The Morgan fingerprint density at radius 1 is 1.12 bits per heavy atom. The molecule has 0 aliphatic carbocycles. The zero-order valence-electron chi connectivity index (χ0n) is 16.1. The molecule has 5 heteroatoms. The van der Waals surface area contributed by atoms with Gasteiger partial charge in [-0.25, -0.2) is 0 Å². The van der Waals surface area contributed by atoms with Crippen molar-refractivity contribution < 1.29 is 4.74 Å². The van der Waals surface area contributed by atoms with Crippen LogP contribution in [0.4, 0.5) is 0 Å². The lowest BCUT2D eigenvalue weighted by Gasteiger charge is -2.41. The number of nitrogens with one attached hydrogen (secondary N) is 3. The first kappa shape index (κ1) is 19.7. The number of aliphatic imine (C=N–C) groups is 1. The quantitative estimate of drug-likeness (QED) is 0.525. The van der Waals surface area contributed by atoms with Gasteiger partial charge in [-0.15, -0.1) is 0 Å². The maximum absolute atomic E-state index is 5.61. The van der Waals surface area contributed by atoms with Crippen molar-refractivity contribution in [2.45, 2.75) is 45.2 Å². The largest absolute Gasteiger partial charge is 0.381 e. The second-order valence-electron chi connectivity index (χ2n) is 7.37. The third-order valence-corrected chi connectivity index (χ3v) is 4.77. The van der Waals surface area contributed by atoms with Crippen LogP contribution in [0.2, 0.25) is 0 Å². The summed E-state index contributed by atoms with van der Waals surface area (Å²) in [6, 6.07) is 10.9. The highest BCUT2D eigenvalue weighted by Crippen LogP contribution is 2.25. The zero-order valence-corrected chi connectivity index (χ0v) is 16.1. The molecule has 0 amide bonds. The summed E-state index contributed by atoms with van der Waals surface area (Å²) in [7, 11) is 1.83. The van der Waals surface area contributed by atoms with Crippen LogP contribution in [0, 0.1) is 5.92 Å². The number of rotatable bonds is 7. The van der Waals surface area contributed by atoms with Gasteiger partial charge in [-0.2, -0.15) is 0 Å². The van der Waals surface area contributed by atoms with E-state index in [4.69, 9.17) is 4.74 Å². The standard InChI is InChI=1S/C20H34N4O/c1-16(2)14-22-19(21-4)23-15-20(10-12-25-13-11-20)24-17(3)18-8-6-5-7-9-18/h5-9,16-17,24H,10-15H2,1-4H3,(H2,21,22,23). The normalized spacial score (nSPS) is 18.8. The molecule has 1 aromatic carbocycles. The van der Waals surface area contributed by atoms with E-state index in [2.05, 4.69) is 72.0 Å². The van der Waals surface area contributed by atoms with Gasteiger partial charge >= 0.3 is 0 Å². The van der Waals surface area contributed by atoms with E-state index in [-0.39, 0.29) is 5.54 Å². The van der Waals surface area contributed by atoms with Gasteiger partial charge in [-0.3, -0.25) is 4.99 Å². The Balaban J connectivity index is 1.99. The molecule has 2 rings (SSSR count). The van der Waals surface area contributed by atoms with Crippen molar-refractivity contribution in [2.75, 3.05) is 33.4 Å². The van der Waals surface area contributed by atoms with Crippen molar-refractivity contribution in [3.63, 3.8) is 0 Å². The van der Waals surface area contributed by atoms with Crippen LogP contribution in [0.25, 0.3) is 0 Å². The van der Waals surface area contributed by atoms with Crippen molar-refractivity contribution in [1.82, 2.24) is 16.0 Å². The molecule has 0 bridgehead atoms. The maximum atomic E-state index is 5.61. The summed E-state index contributed by atoms with van der Waals surface area (Å²) in [5.41, 5.74) is 1.33. The highest BCUT2D eigenvalue weighted by atomic mass is 16.5. The van der Waals surface area contributed by atoms with Crippen LogP contribution in [0.15, 0.2) is 35.3 Å². The highest BCUT2D eigenvalue weighted by molar-refractivity contribution is 5.79. The summed E-state index contributed by atoms with van der Waals surface area (Å²) in [5, 5.41) is 10.8. The summed E-state index contributed by atoms with van der Waals surface area (Å²) in [6.07, 6.45) is 2.00. The Morgan fingerprint density at radius 2 is 1.80 bits per heavy atom. The van der Waals surface area contributed by atoms with Crippen molar-refractivity contribution in [2.24, 2.45) is 10.9 Å². The van der Waals surface area contributed by atoms with E-state index in [0.29, 0.717) is 12.0 Å². The molecule has 1 aromatic rings. The maximum Gasteiger partial charge on any atom is 0.191 e. The molecule has 1 atom stereocenters. The molecule has 1 aliphatic heterocycles. The van der Waals surface area contributed by atoms with E-state index in [1.54, 1.807) is 0 Å². The second kappa shape index (κ2) is 9.78. The summed E-state index contributed by atoms with van der Waals surface area (Å²) in [5.74, 6) is 1.46. The van der Waals surface area contributed by atoms with Gasteiger partial charge in [0.15, 0.2) is 5.96 Å². The summed E-state index contributed by atoms with van der Waals surface area (Å²) >= 11 is 0. The molecule has 1 heterocycles. The predicted molar refractivity (Wildman–Crippen MR) is 105 cm³/mol. The van der Waals surface area contributed by atoms with Crippen LogP contribution in [0.3, 0.4) is 0 Å². The first-order valence-electron chi connectivity index (χ1n) is 9.39. The minimum absolute atomic E-state index is 0.0168. The minimum atomic E-state index is 0.0168. The molecule has 0 saturated carbocycles. The molecule has 140 valence electrons. The molecule has 1 unspecified atom stereocenters. The smallest absolute Gasteiger partial charge is 0.191 e. The van der Waals surface area contributed by atoms with E-state index in [1.807, 2.05) is 7.05 Å². The fraction of sp³-hybridized carbons (Fsp3) is 0.650. The van der Waals surface area contributed by atoms with Crippen LogP contribution in [0.1, 0.15) is 45.2 Å². The van der Waals surface area contributed by atoms with Crippen molar-refractivity contribution in [3.8, 4) is 0 Å². The first-order chi connectivity index (χ1) is 12.0. The van der Waals surface area contributed by atoms with Gasteiger partial charge in [-0.1, -0.05) is 44.2 Å². The zero-order chi connectivity index (χ0) is 18.1. The van der Waals surface area contributed by atoms with E-state index in [9.17, 15) is 0 Å². The fourth-order valence-corrected chi connectivity index (χ4v) is 3.19. The first-order valence-corrected chi connectivity index (χ1v) is 9.39. The number of guanidine groups is 1. The molecule has 0 radical (unpaired) electrons. The highest BCUT2D eigenvalue weighted by Gasteiger charge is 2.34. The van der Waals surface area contributed by atoms with Gasteiger partial charge in [0.25, 0.3) is 0 Å². The molecular formula is C20H34N4O. The van der Waals surface area contributed by atoms with Crippen LogP contribution in [0.5, 0.6) is 0 Å². The second-order valence-corrected chi connectivity index (χ2v) is 7.37. The van der Waals surface area contributed by atoms with Crippen molar-refractivity contribution >= 4 is 5.96 Å². The Bertz CT molecular complexity index is 524. The molecule has 5 nitrogen and oxygen atoms in total. The third-order valence-electron chi connectivity index (χ3n) is 4.77. The minimum Gasteiger partial charge on any atom is -0.381 e. The Hall–Kier alpha value is -1.59. The van der Waals surface area contributed by atoms with Crippen LogP contribution in [-0.2, 0) is 4.74 Å². The van der Waals surface area contributed by atoms with E-state index in [1.165, 1.54) is 5.56 Å². The Morgan fingerprint density at radius 3 is 2.40 bits per heavy atom.